The Morgan fingerprint density at radius 1 is 1.10 bits per heavy atom. The maximum Gasteiger partial charge on any atom is 0.259 e. The van der Waals surface area contributed by atoms with Crippen LogP contribution in [0.2, 0.25) is 0 Å². The van der Waals surface area contributed by atoms with Gasteiger partial charge in [0.25, 0.3) is 5.56 Å². The Hall–Kier alpha value is -3.80. The lowest BCUT2D eigenvalue weighted by molar-refractivity contribution is 0.0116. The van der Waals surface area contributed by atoms with E-state index in [0.29, 0.717) is 24.4 Å². The number of benzene rings is 2. The maximum atomic E-state index is 14.2. The highest BCUT2D eigenvalue weighted by atomic mass is 16.6. The molecule has 6 rings (SSSR count). The van der Waals surface area contributed by atoms with E-state index in [-0.39, 0.29) is 23.8 Å². The second-order valence-electron chi connectivity index (χ2n) is 10.6. The molecule has 1 atom stereocenters. The van der Waals surface area contributed by atoms with Crippen molar-refractivity contribution in [2.75, 3.05) is 13.2 Å². The molecule has 0 amide bonds. The Bertz CT molecular complexity index is 1550. The molecule has 0 bridgehead atoms. The Morgan fingerprint density at radius 3 is 2.59 bits per heavy atom. The van der Waals surface area contributed by atoms with Crippen molar-refractivity contribution in [3.05, 3.63) is 87.6 Å². The van der Waals surface area contributed by atoms with Crippen molar-refractivity contribution in [2.24, 2.45) is 0 Å². The smallest absolute Gasteiger partial charge is 0.259 e. The lowest BCUT2D eigenvalue weighted by Crippen LogP contribution is -2.35. The normalized spacial score (nSPS) is 20.7. The number of nitriles is 1. The third-order valence-corrected chi connectivity index (χ3v) is 7.94. The molecule has 0 radical (unpaired) electrons. The number of fused-ring (bicyclic) bond motifs is 1. The summed E-state index contributed by atoms with van der Waals surface area (Å²) < 4.78 is 15.1. The summed E-state index contributed by atoms with van der Waals surface area (Å²) in [6, 6.07) is 18.1. The quantitative estimate of drug-likeness (QED) is 0.290. The fourth-order valence-electron chi connectivity index (χ4n) is 5.79. The van der Waals surface area contributed by atoms with Crippen LogP contribution in [0, 0.1) is 11.3 Å². The van der Waals surface area contributed by atoms with Gasteiger partial charge in [0.05, 0.1) is 36.6 Å². The van der Waals surface area contributed by atoms with Gasteiger partial charge in [0.1, 0.15) is 12.4 Å². The van der Waals surface area contributed by atoms with Crippen LogP contribution in [0.1, 0.15) is 67.5 Å². The van der Waals surface area contributed by atoms with E-state index in [4.69, 9.17) is 9.47 Å². The molecule has 1 saturated heterocycles. The fraction of sp³-hybridized carbons (Fsp3) is 0.419. The minimum Gasteiger partial charge on any atom is -0.375 e. The molecule has 2 aromatic carbocycles. The Balaban J connectivity index is 1.31. The Labute approximate surface area is 227 Å². The van der Waals surface area contributed by atoms with Gasteiger partial charge in [0, 0.05) is 18.0 Å². The molecule has 2 fully saturated rings. The van der Waals surface area contributed by atoms with Crippen molar-refractivity contribution in [2.45, 2.75) is 70.1 Å². The average Bonchev–Trinajstić information content (AvgIpc) is 3.69. The largest absolute Gasteiger partial charge is 0.375 e. The van der Waals surface area contributed by atoms with E-state index < -0.39 is 0 Å². The van der Waals surface area contributed by atoms with Crippen LogP contribution in [-0.2, 0) is 22.3 Å². The molecule has 4 aromatic rings. The van der Waals surface area contributed by atoms with Crippen LogP contribution in [0.15, 0.2) is 59.7 Å². The van der Waals surface area contributed by atoms with Gasteiger partial charge < -0.3 is 9.47 Å². The molecule has 2 aromatic heterocycles. The van der Waals surface area contributed by atoms with Gasteiger partial charge in [-0.05, 0) is 54.9 Å². The van der Waals surface area contributed by atoms with Crippen LogP contribution in [0.3, 0.4) is 0 Å². The van der Waals surface area contributed by atoms with E-state index in [1.54, 1.807) is 6.33 Å². The van der Waals surface area contributed by atoms with Crippen LogP contribution in [0.25, 0.3) is 16.9 Å². The summed E-state index contributed by atoms with van der Waals surface area (Å²) in [5.74, 6) is 0.631. The molecule has 8 heteroatoms. The van der Waals surface area contributed by atoms with E-state index in [1.807, 2.05) is 45.5 Å². The molecule has 1 unspecified atom stereocenters. The number of hydrogen-bond donors (Lipinski definition) is 0. The van der Waals surface area contributed by atoms with Crippen molar-refractivity contribution < 1.29 is 9.47 Å². The van der Waals surface area contributed by atoms with Crippen LogP contribution in [-0.4, -0.2) is 44.6 Å². The predicted octanol–water partition coefficient (Wildman–Crippen LogP) is 4.87. The SMILES string of the molecule is CCCc1c(Cc2ccc(-c3ccccc3C#N)cc2)c(=O)n(C2CCC(OCC3CO3)CC2)c2ncnn12. The molecule has 3 heterocycles. The Morgan fingerprint density at radius 2 is 1.87 bits per heavy atom. The molecular weight excluding hydrogens is 490 g/mol. The molecule has 0 N–H and O–H groups in total. The van der Waals surface area contributed by atoms with Crippen LogP contribution < -0.4 is 5.56 Å². The van der Waals surface area contributed by atoms with Gasteiger partial charge in [-0.2, -0.15) is 15.3 Å². The third kappa shape index (κ3) is 5.25. The minimum atomic E-state index is 0.0357. The number of epoxide rings is 1. The number of aryl methyl sites for hydroxylation is 1. The van der Waals surface area contributed by atoms with Crippen LogP contribution in [0.4, 0.5) is 0 Å². The van der Waals surface area contributed by atoms with Crippen molar-refractivity contribution in [1.29, 1.82) is 5.26 Å². The Kier molecular flexibility index (Phi) is 7.27. The zero-order chi connectivity index (χ0) is 26.8. The lowest BCUT2D eigenvalue weighted by atomic mass is 9.92. The summed E-state index contributed by atoms with van der Waals surface area (Å²) in [4.78, 5) is 18.7. The number of aromatic nitrogens is 4. The lowest BCUT2D eigenvalue weighted by Gasteiger charge is -2.30. The minimum absolute atomic E-state index is 0.0357. The van der Waals surface area contributed by atoms with Crippen molar-refractivity contribution in [3.8, 4) is 17.2 Å². The number of ether oxygens (including phenoxy) is 2. The first-order valence-corrected chi connectivity index (χ1v) is 13.9. The maximum absolute atomic E-state index is 14.2. The third-order valence-electron chi connectivity index (χ3n) is 7.94. The first kappa shape index (κ1) is 25.5. The fourth-order valence-corrected chi connectivity index (χ4v) is 5.79. The topological polar surface area (TPSA) is 97.7 Å². The van der Waals surface area contributed by atoms with Crippen LogP contribution in [0.5, 0.6) is 0 Å². The summed E-state index contributed by atoms with van der Waals surface area (Å²) in [5, 5.41) is 14.1. The monoisotopic (exact) mass is 523 g/mol. The number of rotatable bonds is 9. The zero-order valence-electron chi connectivity index (χ0n) is 22.3. The molecule has 39 heavy (non-hydrogen) atoms. The van der Waals surface area contributed by atoms with E-state index in [9.17, 15) is 10.1 Å². The molecular formula is C31H33N5O3. The van der Waals surface area contributed by atoms with Crippen molar-refractivity contribution >= 4 is 5.78 Å². The molecule has 0 spiro atoms. The summed E-state index contributed by atoms with van der Waals surface area (Å²) in [6.07, 6.45) is 7.80. The highest BCUT2D eigenvalue weighted by molar-refractivity contribution is 5.70. The van der Waals surface area contributed by atoms with Gasteiger partial charge >= 0.3 is 0 Å². The second kappa shape index (κ2) is 11.1. The van der Waals surface area contributed by atoms with Gasteiger partial charge in [-0.25, -0.2) is 4.52 Å². The summed E-state index contributed by atoms with van der Waals surface area (Å²) >= 11 is 0. The highest BCUT2D eigenvalue weighted by Gasteiger charge is 2.30. The highest BCUT2D eigenvalue weighted by Crippen LogP contribution is 2.31. The molecule has 1 aliphatic carbocycles. The number of nitrogens with zero attached hydrogens (tertiary/aromatic N) is 5. The first-order valence-electron chi connectivity index (χ1n) is 13.9. The molecule has 1 saturated carbocycles. The average molecular weight is 524 g/mol. The van der Waals surface area contributed by atoms with Crippen molar-refractivity contribution in [3.63, 3.8) is 0 Å². The van der Waals surface area contributed by atoms with Gasteiger partial charge in [0.2, 0.25) is 5.78 Å². The summed E-state index contributed by atoms with van der Waals surface area (Å²) in [5.41, 5.74) is 5.35. The van der Waals surface area contributed by atoms with E-state index >= 15 is 0 Å². The van der Waals surface area contributed by atoms with Gasteiger partial charge in [-0.3, -0.25) is 9.36 Å². The predicted molar refractivity (Wildman–Crippen MR) is 148 cm³/mol. The van der Waals surface area contributed by atoms with Gasteiger partial charge in [0.15, 0.2) is 0 Å². The molecule has 8 nitrogen and oxygen atoms in total. The van der Waals surface area contributed by atoms with Crippen LogP contribution >= 0.6 is 0 Å². The second-order valence-corrected chi connectivity index (χ2v) is 10.6. The standard InChI is InChI=1S/C31H33N5O3/c1-2-5-29-28(16-21-8-10-22(11-9-21)27-7-4-3-6-23(27)17-32)30(37)35(31-33-20-34-36(29)31)24-12-14-25(15-13-24)38-18-26-19-39-26/h3-4,6-11,20,24-26H,2,5,12-16,18-19H2,1H3. The first-order chi connectivity index (χ1) is 19.2. The van der Waals surface area contributed by atoms with E-state index in [1.165, 1.54) is 0 Å². The summed E-state index contributed by atoms with van der Waals surface area (Å²) in [7, 11) is 0. The van der Waals surface area contributed by atoms with Gasteiger partial charge in [-0.15, -0.1) is 0 Å². The molecule has 1 aliphatic heterocycles. The van der Waals surface area contributed by atoms with E-state index in [0.717, 1.165) is 73.1 Å². The summed E-state index contributed by atoms with van der Waals surface area (Å²) in [6.45, 7) is 3.59. The number of hydrogen-bond acceptors (Lipinski definition) is 6. The molecule has 2 aliphatic rings. The van der Waals surface area contributed by atoms with Crippen molar-refractivity contribution in [1.82, 2.24) is 19.2 Å². The van der Waals surface area contributed by atoms with Gasteiger partial charge in [-0.1, -0.05) is 55.8 Å². The molecule has 200 valence electrons. The zero-order valence-corrected chi connectivity index (χ0v) is 22.3. The van der Waals surface area contributed by atoms with E-state index in [2.05, 4.69) is 35.2 Å².